The summed E-state index contributed by atoms with van der Waals surface area (Å²) in [5, 5.41) is 0. The topological polar surface area (TPSA) is 109 Å². The molecule has 0 saturated carbocycles. The quantitative estimate of drug-likeness (QED) is 0.800. The van der Waals surface area contributed by atoms with Crippen molar-refractivity contribution in [3.05, 3.63) is 18.0 Å². The summed E-state index contributed by atoms with van der Waals surface area (Å²) in [6.45, 7) is 2.92. The lowest BCUT2D eigenvalue weighted by molar-refractivity contribution is -0.140. The number of nitrogen functional groups attached to an aromatic ring is 1. The molecule has 0 aromatic carbocycles. The van der Waals surface area contributed by atoms with Crippen molar-refractivity contribution in [2.24, 2.45) is 0 Å². The monoisotopic (exact) mass is 412 g/mol. The smallest absolute Gasteiger partial charge is 0.434 e. The van der Waals surface area contributed by atoms with Crippen molar-refractivity contribution in [2.45, 2.75) is 18.7 Å². The Hall–Kier alpha value is -2.73. The van der Waals surface area contributed by atoms with Crippen LogP contribution in [-0.4, -0.2) is 65.6 Å². The molecule has 4 rings (SSSR count). The number of halogens is 3. The molecule has 2 N–H and O–H groups in total. The van der Waals surface area contributed by atoms with E-state index in [2.05, 4.69) is 19.9 Å². The van der Waals surface area contributed by atoms with Crippen LogP contribution in [0, 0.1) is 0 Å². The number of aromatic nitrogens is 4. The summed E-state index contributed by atoms with van der Waals surface area (Å²) in [6, 6.07) is 1.35. The van der Waals surface area contributed by atoms with Crippen LogP contribution in [0.15, 0.2) is 12.3 Å². The average Bonchev–Trinajstić information content (AvgIpc) is 3.21. The molecule has 9 nitrogen and oxygen atoms in total. The molecule has 0 aliphatic carbocycles. The molecule has 2 aromatic rings. The molecule has 0 amide bonds. The molecule has 2 saturated heterocycles. The van der Waals surface area contributed by atoms with Crippen LogP contribution in [0.25, 0.3) is 11.3 Å². The standard InChI is InChI=1S/C17H19F3N6O3/c18-17(19,20)14-11(8-22-15(21)25-14)12-7-13(29-10-1-4-28-9-10)24-16(23-12)26-2-5-27-6-3-26/h7-8,10H,1-6,9H2,(H2,21,22,25). The molecule has 12 heteroatoms. The minimum atomic E-state index is -4.73. The molecule has 156 valence electrons. The fraction of sp³-hybridized carbons (Fsp3) is 0.529. The second-order valence-corrected chi connectivity index (χ2v) is 6.58. The highest BCUT2D eigenvalue weighted by atomic mass is 19.4. The van der Waals surface area contributed by atoms with Crippen molar-refractivity contribution < 1.29 is 27.4 Å². The zero-order chi connectivity index (χ0) is 20.4. The van der Waals surface area contributed by atoms with Gasteiger partial charge in [-0.1, -0.05) is 0 Å². The second-order valence-electron chi connectivity index (χ2n) is 6.58. The Kier molecular flexibility index (Phi) is 5.37. The highest BCUT2D eigenvalue weighted by Gasteiger charge is 2.37. The van der Waals surface area contributed by atoms with Gasteiger partial charge in [0.05, 0.1) is 32.1 Å². The SMILES string of the molecule is Nc1ncc(-c2cc(OC3CCOC3)nc(N3CCOCC3)n2)c(C(F)(F)F)n1. The van der Waals surface area contributed by atoms with Crippen molar-refractivity contribution in [1.82, 2.24) is 19.9 Å². The van der Waals surface area contributed by atoms with Crippen LogP contribution >= 0.6 is 0 Å². The summed E-state index contributed by atoms with van der Waals surface area (Å²) >= 11 is 0. The number of nitrogens with two attached hydrogens (primary N) is 1. The van der Waals surface area contributed by atoms with Gasteiger partial charge in [-0.05, 0) is 0 Å². The molecule has 2 fully saturated rings. The maximum absolute atomic E-state index is 13.5. The molecule has 0 radical (unpaired) electrons. The van der Waals surface area contributed by atoms with Gasteiger partial charge in [0.2, 0.25) is 17.8 Å². The fourth-order valence-electron chi connectivity index (χ4n) is 3.09. The van der Waals surface area contributed by atoms with E-state index in [0.717, 1.165) is 6.20 Å². The molecule has 2 aromatic heterocycles. The second kappa shape index (κ2) is 7.95. The van der Waals surface area contributed by atoms with Gasteiger partial charge in [0.25, 0.3) is 0 Å². The summed E-state index contributed by atoms with van der Waals surface area (Å²) in [7, 11) is 0. The molecule has 29 heavy (non-hydrogen) atoms. The number of nitrogens with zero attached hydrogens (tertiary/aromatic N) is 5. The summed E-state index contributed by atoms with van der Waals surface area (Å²) < 4.78 is 57.1. The molecule has 2 aliphatic heterocycles. The molecular weight excluding hydrogens is 393 g/mol. The molecule has 2 aliphatic rings. The summed E-state index contributed by atoms with van der Waals surface area (Å²) in [6.07, 6.45) is -3.26. The Balaban J connectivity index is 1.77. The number of ether oxygens (including phenoxy) is 3. The van der Waals surface area contributed by atoms with Gasteiger partial charge in [0.1, 0.15) is 6.10 Å². The highest BCUT2D eigenvalue weighted by Crippen LogP contribution is 2.36. The van der Waals surface area contributed by atoms with Crippen LogP contribution in [0.3, 0.4) is 0 Å². The number of anilines is 2. The maximum atomic E-state index is 13.5. The van der Waals surface area contributed by atoms with Crippen molar-refractivity contribution in [3.8, 4) is 17.1 Å². The van der Waals surface area contributed by atoms with Gasteiger partial charge in [-0.2, -0.15) is 18.2 Å². The van der Waals surface area contributed by atoms with Gasteiger partial charge in [0.15, 0.2) is 5.69 Å². The lowest BCUT2D eigenvalue weighted by Gasteiger charge is -2.27. The van der Waals surface area contributed by atoms with E-state index in [1.54, 1.807) is 0 Å². The molecule has 0 spiro atoms. The van der Waals surface area contributed by atoms with Crippen LogP contribution in [0.1, 0.15) is 12.1 Å². The zero-order valence-electron chi connectivity index (χ0n) is 15.4. The number of hydrogen-bond acceptors (Lipinski definition) is 9. The predicted molar refractivity (Wildman–Crippen MR) is 95.4 cm³/mol. The van der Waals surface area contributed by atoms with Gasteiger partial charge >= 0.3 is 6.18 Å². The summed E-state index contributed by atoms with van der Waals surface area (Å²) in [5.74, 6) is -0.0512. The number of hydrogen-bond donors (Lipinski definition) is 1. The molecule has 0 bridgehead atoms. The van der Waals surface area contributed by atoms with Gasteiger partial charge < -0.3 is 24.8 Å². The van der Waals surface area contributed by atoms with Crippen molar-refractivity contribution in [3.63, 3.8) is 0 Å². The van der Waals surface area contributed by atoms with Crippen LogP contribution in [0.5, 0.6) is 5.88 Å². The Morgan fingerprint density at radius 3 is 2.59 bits per heavy atom. The first-order chi connectivity index (χ1) is 13.9. The summed E-state index contributed by atoms with van der Waals surface area (Å²) in [5.41, 5.74) is 3.92. The van der Waals surface area contributed by atoms with Crippen LogP contribution in [-0.2, 0) is 15.7 Å². The van der Waals surface area contributed by atoms with Crippen LogP contribution in [0.2, 0.25) is 0 Å². The maximum Gasteiger partial charge on any atom is 0.434 e. The number of rotatable bonds is 4. The van der Waals surface area contributed by atoms with Gasteiger partial charge in [0, 0.05) is 37.3 Å². The van der Waals surface area contributed by atoms with Gasteiger partial charge in [-0.3, -0.25) is 0 Å². The first-order valence-corrected chi connectivity index (χ1v) is 9.06. The molecule has 4 heterocycles. The van der Waals surface area contributed by atoms with E-state index in [4.69, 9.17) is 19.9 Å². The number of alkyl halides is 3. The van der Waals surface area contributed by atoms with Crippen LogP contribution < -0.4 is 15.4 Å². The van der Waals surface area contributed by atoms with Gasteiger partial charge in [-0.15, -0.1) is 0 Å². The first kappa shape index (κ1) is 19.6. The van der Waals surface area contributed by atoms with E-state index in [0.29, 0.717) is 45.9 Å². The van der Waals surface area contributed by atoms with E-state index in [9.17, 15) is 13.2 Å². The van der Waals surface area contributed by atoms with Crippen molar-refractivity contribution >= 4 is 11.9 Å². The third kappa shape index (κ3) is 4.48. The highest BCUT2D eigenvalue weighted by molar-refractivity contribution is 5.65. The third-order valence-corrected chi connectivity index (χ3v) is 4.51. The van der Waals surface area contributed by atoms with Crippen molar-refractivity contribution in [1.29, 1.82) is 0 Å². The van der Waals surface area contributed by atoms with E-state index in [1.807, 2.05) is 4.90 Å². The van der Waals surface area contributed by atoms with E-state index in [-0.39, 0.29) is 29.2 Å². The fourth-order valence-corrected chi connectivity index (χ4v) is 3.09. The Labute approximate surface area is 164 Å². The zero-order valence-corrected chi connectivity index (χ0v) is 15.4. The predicted octanol–water partition coefficient (Wildman–Crippen LogP) is 1.54. The first-order valence-electron chi connectivity index (χ1n) is 9.06. The summed E-state index contributed by atoms with van der Waals surface area (Å²) in [4.78, 5) is 17.7. The normalized spacial score (nSPS) is 20.1. The lowest BCUT2D eigenvalue weighted by Crippen LogP contribution is -2.37. The molecule has 1 unspecified atom stereocenters. The minimum Gasteiger partial charge on any atom is -0.472 e. The third-order valence-electron chi connectivity index (χ3n) is 4.51. The van der Waals surface area contributed by atoms with Gasteiger partial charge in [-0.25, -0.2) is 15.0 Å². The Bertz CT molecular complexity index is 870. The van der Waals surface area contributed by atoms with E-state index < -0.39 is 17.8 Å². The number of morpholine rings is 1. The lowest BCUT2D eigenvalue weighted by atomic mass is 10.1. The largest absolute Gasteiger partial charge is 0.472 e. The molecular formula is C17H19F3N6O3. The molecule has 1 atom stereocenters. The van der Waals surface area contributed by atoms with Crippen molar-refractivity contribution in [2.75, 3.05) is 50.2 Å². The Morgan fingerprint density at radius 1 is 1.10 bits per heavy atom. The minimum absolute atomic E-state index is 0.00253. The van der Waals surface area contributed by atoms with Crippen LogP contribution in [0.4, 0.5) is 25.1 Å². The average molecular weight is 412 g/mol. The van der Waals surface area contributed by atoms with E-state index >= 15 is 0 Å². The van der Waals surface area contributed by atoms with E-state index in [1.165, 1.54) is 6.07 Å². The Morgan fingerprint density at radius 2 is 1.90 bits per heavy atom.